The molecule has 120 valence electrons. The highest BCUT2D eigenvalue weighted by molar-refractivity contribution is 5.77. The van der Waals surface area contributed by atoms with Crippen molar-refractivity contribution in [2.24, 2.45) is 5.92 Å². The Morgan fingerprint density at radius 3 is 2.65 bits per heavy atom. The number of nitrogens with zero attached hydrogens (tertiary/aromatic N) is 2. The highest BCUT2D eigenvalue weighted by Gasteiger charge is 2.21. The lowest BCUT2D eigenvalue weighted by Crippen LogP contribution is -2.32. The van der Waals surface area contributed by atoms with Gasteiger partial charge in [-0.3, -0.25) is 0 Å². The predicted octanol–water partition coefficient (Wildman–Crippen LogP) is 2.41. The Kier molecular flexibility index (Phi) is 4.71. The van der Waals surface area contributed by atoms with Gasteiger partial charge < -0.3 is 15.7 Å². The normalized spacial score (nSPS) is 15.0. The summed E-state index contributed by atoms with van der Waals surface area (Å²) in [5.41, 5.74) is 0.966. The number of carboxylic acids is 1. The number of carboxylic acid groups (broad SMARTS) is 1. The van der Waals surface area contributed by atoms with Crippen molar-refractivity contribution in [3.8, 4) is 0 Å². The second-order valence-corrected chi connectivity index (χ2v) is 5.84. The molecule has 1 aromatic carbocycles. The van der Waals surface area contributed by atoms with E-state index in [9.17, 15) is 9.90 Å². The minimum atomic E-state index is -0.903. The first-order chi connectivity index (χ1) is 11.2. The fourth-order valence-electron chi connectivity index (χ4n) is 2.33. The average molecular weight is 312 g/mol. The van der Waals surface area contributed by atoms with Crippen LogP contribution >= 0.6 is 0 Å². The molecular weight excluding hydrogens is 292 g/mol. The Labute approximate surface area is 135 Å². The highest BCUT2D eigenvalue weighted by atomic mass is 16.4. The Hall–Kier alpha value is -2.63. The molecule has 3 rings (SSSR count). The standard InChI is InChI=1S/C17H20N4O2/c22-17(23)14(8-12-4-2-1-3-5-12)21-16-9-15(19-11-20-16)18-10-13-6-7-13/h1-5,9,11,13-14H,6-8,10H2,(H,22,23)(H2,18,19,20,21)/t14-/m0/s1. The van der Waals surface area contributed by atoms with Crippen LogP contribution in [0.5, 0.6) is 0 Å². The molecule has 1 atom stereocenters. The largest absolute Gasteiger partial charge is 0.480 e. The number of aliphatic carboxylic acids is 1. The van der Waals surface area contributed by atoms with Gasteiger partial charge in [0.2, 0.25) is 0 Å². The van der Waals surface area contributed by atoms with Crippen molar-refractivity contribution in [3.63, 3.8) is 0 Å². The zero-order valence-corrected chi connectivity index (χ0v) is 12.8. The molecule has 0 radical (unpaired) electrons. The van der Waals surface area contributed by atoms with Crippen molar-refractivity contribution in [1.82, 2.24) is 9.97 Å². The van der Waals surface area contributed by atoms with Gasteiger partial charge in [0.05, 0.1) is 0 Å². The molecule has 1 saturated carbocycles. The molecule has 0 unspecified atom stereocenters. The first-order valence-electron chi connectivity index (χ1n) is 7.80. The number of anilines is 2. The maximum atomic E-state index is 11.5. The molecule has 23 heavy (non-hydrogen) atoms. The third-order valence-electron chi connectivity index (χ3n) is 3.84. The topological polar surface area (TPSA) is 87.1 Å². The van der Waals surface area contributed by atoms with Gasteiger partial charge in [0.1, 0.15) is 24.0 Å². The smallest absolute Gasteiger partial charge is 0.326 e. The van der Waals surface area contributed by atoms with Crippen LogP contribution < -0.4 is 10.6 Å². The molecule has 1 aromatic heterocycles. The summed E-state index contributed by atoms with van der Waals surface area (Å²) < 4.78 is 0. The van der Waals surface area contributed by atoms with Crippen LogP contribution in [0, 0.1) is 5.92 Å². The molecule has 6 nitrogen and oxygen atoms in total. The number of nitrogens with one attached hydrogen (secondary N) is 2. The zero-order chi connectivity index (χ0) is 16.1. The molecule has 1 aliphatic carbocycles. The molecule has 0 bridgehead atoms. The number of hydrogen-bond acceptors (Lipinski definition) is 5. The summed E-state index contributed by atoms with van der Waals surface area (Å²) in [5.74, 6) is 1.08. The van der Waals surface area contributed by atoms with Crippen molar-refractivity contribution < 1.29 is 9.90 Å². The van der Waals surface area contributed by atoms with Gasteiger partial charge in [-0.05, 0) is 24.3 Å². The minimum Gasteiger partial charge on any atom is -0.480 e. The van der Waals surface area contributed by atoms with Gasteiger partial charge in [-0.15, -0.1) is 0 Å². The van der Waals surface area contributed by atoms with Crippen LogP contribution in [0.3, 0.4) is 0 Å². The van der Waals surface area contributed by atoms with E-state index in [1.807, 2.05) is 30.3 Å². The lowest BCUT2D eigenvalue weighted by atomic mass is 10.1. The Morgan fingerprint density at radius 1 is 1.22 bits per heavy atom. The van der Waals surface area contributed by atoms with E-state index in [1.54, 1.807) is 6.07 Å². The predicted molar refractivity (Wildman–Crippen MR) is 88.4 cm³/mol. The van der Waals surface area contributed by atoms with Crippen LogP contribution in [0.15, 0.2) is 42.7 Å². The van der Waals surface area contributed by atoms with Gasteiger partial charge in [-0.25, -0.2) is 14.8 Å². The van der Waals surface area contributed by atoms with E-state index in [1.165, 1.54) is 19.2 Å². The molecule has 6 heteroatoms. The zero-order valence-electron chi connectivity index (χ0n) is 12.8. The number of hydrogen-bond donors (Lipinski definition) is 3. The molecule has 3 N–H and O–H groups in total. The summed E-state index contributed by atoms with van der Waals surface area (Å²) in [6, 6.07) is 10.6. The molecule has 2 aromatic rings. The summed E-state index contributed by atoms with van der Waals surface area (Å²) >= 11 is 0. The third kappa shape index (κ3) is 4.67. The molecular formula is C17H20N4O2. The van der Waals surface area contributed by atoms with E-state index in [0.29, 0.717) is 12.2 Å². The van der Waals surface area contributed by atoms with Crippen molar-refractivity contribution in [2.75, 3.05) is 17.2 Å². The second-order valence-electron chi connectivity index (χ2n) is 5.84. The lowest BCUT2D eigenvalue weighted by Gasteiger charge is -2.15. The number of rotatable bonds is 8. The maximum absolute atomic E-state index is 11.5. The Bertz CT molecular complexity index is 659. The van der Waals surface area contributed by atoms with Gasteiger partial charge >= 0.3 is 5.97 Å². The SMILES string of the molecule is O=C(O)[C@H](Cc1ccccc1)Nc1cc(NCC2CC2)ncn1. The summed E-state index contributed by atoms with van der Waals surface area (Å²) in [5, 5.41) is 15.7. The maximum Gasteiger partial charge on any atom is 0.326 e. The summed E-state index contributed by atoms with van der Waals surface area (Å²) in [7, 11) is 0. The van der Waals surface area contributed by atoms with E-state index < -0.39 is 12.0 Å². The molecule has 1 fully saturated rings. The number of carbonyl (C=O) groups is 1. The van der Waals surface area contributed by atoms with Crippen molar-refractivity contribution in [2.45, 2.75) is 25.3 Å². The minimum absolute atomic E-state index is 0.394. The van der Waals surface area contributed by atoms with Gasteiger partial charge in [0.25, 0.3) is 0 Å². The van der Waals surface area contributed by atoms with Crippen molar-refractivity contribution >= 4 is 17.6 Å². The van der Waals surface area contributed by atoms with E-state index >= 15 is 0 Å². The Balaban J connectivity index is 1.64. The van der Waals surface area contributed by atoms with Gasteiger partial charge in [-0.2, -0.15) is 0 Å². The lowest BCUT2D eigenvalue weighted by molar-refractivity contribution is -0.137. The van der Waals surface area contributed by atoms with E-state index in [4.69, 9.17) is 0 Å². The fraction of sp³-hybridized carbons (Fsp3) is 0.353. The third-order valence-corrected chi connectivity index (χ3v) is 3.84. The second kappa shape index (κ2) is 7.09. The van der Waals surface area contributed by atoms with Gasteiger partial charge in [-0.1, -0.05) is 30.3 Å². The van der Waals surface area contributed by atoms with Crippen molar-refractivity contribution in [3.05, 3.63) is 48.3 Å². The fourth-order valence-corrected chi connectivity index (χ4v) is 2.33. The highest BCUT2D eigenvalue weighted by Crippen LogP contribution is 2.28. The molecule has 0 amide bonds. The van der Waals surface area contributed by atoms with Crippen LogP contribution in [0.2, 0.25) is 0 Å². The van der Waals surface area contributed by atoms with E-state index in [2.05, 4.69) is 20.6 Å². The molecule has 1 heterocycles. The summed E-state index contributed by atoms with van der Waals surface area (Å²) in [6.07, 6.45) is 4.37. The number of aromatic nitrogens is 2. The van der Waals surface area contributed by atoms with Gasteiger partial charge in [0.15, 0.2) is 0 Å². The van der Waals surface area contributed by atoms with Crippen LogP contribution in [-0.4, -0.2) is 33.6 Å². The van der Waals surface area contributed by atoms with Gasteiger partial charge in [0, 0.05) is 19.0 Å². The van der Waals surface area contributed by atoms with Crippen LogP contribution in [0.25, 0.3) is 0 Å². The van der Waals surface area contributed by atoms with E-state index in [0.717, 1.165) is 23.8 Å². The van der Waals surface area contributed by atoms with Crippen LogP contribution in [0.1, 0.15) is 18.4 Å². The monoisotopic (exact) mass is 312 g/mol. The van der Waals surface area contributed by atoms with Crippen LogP contribution in [0.4, 0.5) is 11.6 Å². The van der Waals surface area contributed by atoms with Crippen LogP contribution in [-0.2, 0) is 11.2 Å². The first-order valence-corrected chi connectivity index (χ1v) is 7.80. The first kappa shape index (κ1) is 15.3. The number of benzene rings is 1. The molecule has 0 saturated heterocycles. The average Bonchev–Trinajstić information content (AvgIpc) is 3.38. The molecule has 0 spiro atoms. The Morgan fingerprint density at radius 2 is 1.96 bits per heavy atom. The molecule has 0 aliphatic heterocycles. The summed E-state index contributed by atoms with van der Waals surface area (Å²) in [6.45, 7) is 0.906. The van der Waals surface area contributed by atoms with E-state index in [-0.39, 0.29) is 0 Å². The molecule has 1 aliphatic rings. The quantitative estimate of drug-likeness (QED) is 0.694. The van der Waals surface area contributed by atoms with Crippen molar-refractivity contribution in [1.29, 1.82) is 0 Å². The summed E-state index contributed by atoms with van der Waals surface area (Å²) in [4.78, 5) is 19.8.